The van der Waals surface area contributed by atoms with Gasteiger partial charge in [0.2, 0.25) is 5.43 Å². The number of aldehydes is 1. The molecule has 0 unspecified atom stereocenters. The van der Waals surface area contributed by atoms with E-state index in [0.717, 1.165) is 42.7 Å². The van der Waals surface area contributed by atoms with E-state index in [2.05, 4.69) is 17.2 Å². The first-order valence-electron chi connectivity index (χ1n) is 13.3. The third-order valence-electron chi connectivity index (χ3n) is 5.94. The second kappa shape index (κ2) is 19.1. The topological polar surface area (TPSA) is 106 Å². The van der Waals surface area contributed by atoms with Crippen molar-refractivity contribution in [3.8, 4) is 5.75 Å². The van der Waals surface area contributed by atoms with E-state index in [1.807, 2.05) is 31.3 Å². The zero-order chi connectivity index (χ0) is 29.2. The van der Waals surface area contributed by atoms with Crippen molar-refractivity contribution in [3.05, 3.63) is 92.9 Å². The number of hydrogen-bond donors (Lipinski definition) is 3. The molecular weight excluding hydrogens is 536 g/mol. The maximum absolute atomic E-state index is 13.7. The Morgan fingerprint density at radius 2 is 1.88 bits per heavy atom. The fraction of sp³-hybridized carbons (Fsp3) is 0.400. The van der Waals surface area contributed by atoms with E-state index < -0.39 is 11.6 Å². The number of hydrogen-bond acceptors (Lipinski definition) is 7. The summed E-state index contributed by atoms with van der Waals surface area (Å²) in [6.07, 6.45) is 7.02. The van der Waals surface area contributed by atoms with Gasteiger partial charge in [-0.1, -0.05) is 50.5 Å². The molecule has 10 heteroatoms. The molecule has 0 spiro atoms. The Bertz CT molecular complexity index is 1240. The summed E-state index contributed by atoms with van der Waals surface area (Å²) in [5, 5.41) is 2.92. The highest BCUT2D eigenvalue weighted by Gasteiger charge is 2.18. The quantitative estimate of drug-likeness (QED) is 0.159. The van der Waals surface area contributed by atoms with Crippen molar-refractivity contribution < 1.29 is 23.0 Å². The number of carbonyl (C=O) groups is 1. The number of aromatic amines is 1. The number of thioether (sulfide) groups is 1. The highest BCUT2D eigenvalue weighted by atomic mass is 32.2. The number of carbonyl (C=O) groups excluding carboxylic acids is 1. The molecule has 0 radical (unpaired) electrons. The minimum Gasteiger partial charge on any atom is -0.487 e. The van der Waals surface area contributed by atoms with E-state index in [4.69, 9.17) is 15.2 Å². The molecule has 2 aromatic carbocycles. The maximum atomic E-state index is 13.7. The van der Waals surface area contributed by atoms with Crippen LogP contribution in [-0.2, 0) is 16.9 Å². The van der Waals surface area contributed by atoms with Gasteiger partial charge < -0.3 is 25.5 Å². The average molecular weight is 576 g/mol. The minimum absolute atomic E-state index is 0.133. The first-order chi connectivity index (χ1) is 19.5. The van der Waals surface area contributed by atoms with Crippen LogP contribution >= 0.6 is 11.8 Å². The van der Waals surface area contributed by atoms with Crippen LogP contribution in [0.5, 0.6) is 5.75 Å². The number of ether oxygens (including phenoxy) is 2. The molecule has 2 heterocycles. The Hall–Kier alpha value is -3.05. The van der Waals surface area contributed by atoms with E-state index in [1.54, 1.807) is 17.8 Å². The van der Waals surface area contributed by atoms with Crippen molar-refractivity contribution in [2.45, 2.75) is 49.7 Å². The molecule has 0 amide bonds. The number of pyridine rings is 1. The lowest BCUT2D eigenvalue weighted by Crippen LogP contribution is -2.16. The summed E-state index contributed by atoms with van der Waals surface area (Å²) >= 11 is 1.57. The Morgan fingerprint density at radius 1 is 1.07 bits per heavy atom. The van der Waals surface area contributed by atoms with Gasteiger partial charge in [-0.3, -0.25) is 9.59 Å². The molecular formula is C30H39F2N3O4S. The second-order valence-corrected chi connectivity index (χ2v) is 9.88. The first-order valence-corrected chi connectivity index (χ1v) is 14.3. The summed E-state index contributed by atoms with van der Waals surface area (Å²) in [5.74, 6) is -0.817. The van der Waals surface area contributed by atoms with Crippen LogP contribution in [-0.4, -0.2) is 44.8 Å². The van der Waals surface area contributed by atoms with Gasteiger partial charge in [-0.15, -0.1) is 11.8 Å². The number of nitrogens with one attached hydrogen (secondary N) is 2. The number of H-pyrrole nitrogens is 1. The van der Waals surface area contributed by atoms with Gasteiger partial charge in [0.15, 0.2) is 23.7 Å². The highest BCUT2D eigenvalue weighted by molar-refractivity contribution is 7.98. The Balaban J connectivity index is 0.000000229. The summed E-state index contributed by atoms with van der Waals surface area (Å²) in [6.45, 7) is 4.51. The molecule has 0 bridgehead atoms. The summed E-state index contributed by atoms with van der Waals surface area (Å²) in [4.78, 5) is 25.9. The molecule has 4 N–H and O–H groups in total. The van der Waals surface area contributed by atoms with Crippen LogP contribution in [0.3, 0.4) is 0 Å². The second-order valence-electron chi connectivity index (χ2n) is 8.86. The van der Waals surface area contributed by atoms with Crippen LogP contribution in [0.25, 0.3) is 0 Å². The van der Waals surface area contributed by atoms with E-state index in [0.29, 0.717) is 44.0 Å². The van der Waals surface area contributed by atoms with Crippen molar-refractivity contribution in [2.24, 2.45) is 5.73 Å². The number of rotatable bonds is 11. The van der Waals surface area contributed by atoms with Gasteiger partial charge in [-0.2, -0.15) is 0 Å². The Labute approximate surface area is 238 Å². The van der Waals surface area contributed by atoms with Gasteiger partial charge in [0.25, 0.3) is 0 Å². The van der Waals surface area contributed by atoms with Crippen LogP contribution in [0.15, 0.2) is 58.4 Å². The number of aromatic nitrogens is 1. The average Bonchev–Trinajstić information content (AvgIpc) is 3.16. The molecule has 1 aliphatic rings. The lowest BCUT2D eigenvalue weighted by atomic mass is 10.0. The van der Waals surface area contributed by atoms with Gasteiger partial charge >= 0.3 is 0 Å². The standard InChI is InChI=1S/C14H10F2S.C12H17NO3.C4H12N2O/c15-12-6-5-9-7-10-3-1-2-4-13(10)17-8-11(9)14(12)16;1-2-3-4-5-8-16-12-10(9-14)13-7-6-11(12)15;1-6-2-3-7-4-5/h1-6H,7-8H2;6-7,9H,2-5,8H2,1H3,(H,13,15);6H,2-5H2,1H3. The molecule has 1 aliphatic heterocycles. The lowest BCUT2D eigenvalue weighted by molar-refractivity contribution is 0.111. The smallest absolute Gasteiger partial charge is 0.224 e. The van der Waals surface area contributed by atoms with E-state index in [1.165, 1.54) is 23.9 Å². The Kier molecular flexibility index (Phi) is 15.8. The molecule has 0 aliphatic carbocycles. The molecule has 218 valence electrons. The normalized spacial score (nSPS) is 11.5. The van der Waals surface area contributed by atoms with Gasteiger partial charge in [0.05, 0.1) is 19.9 Å². The molecule has 0 fully saturated rings. The summed E-state index contributed by atoms with van der Waals surface area (Å²) in [7, 11) is 1.87. The Morgan fingerprint density at radius 3 is 2.60 bits per heavy atom. The minimum atomic E-state index is -0.754. The van der Waals surface area contributed by atoms with Crippen LogP contribution < -0.4 is 21.2 Å². The zero-order valence-corrected chi connectivity index (χ0v) is 24.0. The first kappa shape index (κ1) is 33.2. The third-order valence-corrected chi connectivity index (χ3v) is 7.08. The number of halogens is 2. The van der Waals surface area contributed by atoms with Gasteiger partial charge in [0, 0.05) is 35.0 Å². The van der Waals surface area contributed by atoms with Gasteiger partial charge in [0.1, 0.15) is 5.69 Å². The number of fused-ring (bicyclic) bond motifs is 2. The molecule has 0 saturated carbocycles. The van der Waals surface area contributed by atoms with Gasteiger partial charge in [-0.25, -0.2) is 8.78 Å². The van der Waals surface area contributed by atoms with Crippen molar-refractivity contribution in [2.75, 3.05) is 33.5 Å². The number of unbranched alkanes of at least 4 members (excludes halogenated alkanes) is 3. The third kappa shape index (κ3) is 10.8. The molecule has 1 aromatic heterocycles. The maximum Gasteiger partial charge on any atom is 0.224 e. The summed E-state index contributed by atoms with van der Waals surface area (Å²) < 4.78 is 37.0. The largest absolute Gasteiger partial charge is 0.487 e. The van der Waals surface area contributed by atoms with Gasteiger partial charge in [-0.05, 0) is 43.1 Å². The molecule has 7 nitrogen and oxygen atoms in total. The number of nitrogens with two attached hydrogens (primary N) is 1. The SMILES string of the molecule is CCCCCCOc1c(C=O)[nH]ccc1=O.CNCCOCN.Fc1ccc2c(c1F)CSc1ccccc1C2. The van der Waals surface area contributed by atoms with Crippen molar-refractivity contribution in [3.63, 3.8) is 0 Å². The number of benzene rings is 2. The molecule has 40 heavy (non-hydrogen) atoms. The predicted molar refractivity (Wildman–Crippen MR) is 156 cm³/mol. The van der Waals surface area contributed by atoms with Crippen LogP contribution in [0, 0.1) is 11.6 Å². The zero-order valence-electron chi connectivity index (χ0n) is 23.1. The van der Waals surface area contributed by atoms with Crippen molar-refractivity contribution in [1.29, 1.82) is 0 Å². The van der Waals surface area contributed by atoms with E-state index in [-0.39, 0.29) is 16.9 Å². The lowest BCUT2D eigenvalue weighted by Gasteiger charge is -2.06. The molecule has 0 saturated heterocycles. The van der Waals surface area contributed by atoms with E-state index in [9.17, 15) is 18.4 Å². The van der Waals surface area contributed by atoms with Crippen molar-refractivity contribution >= 4 is 18.0 Å². The molecule has 4 rings (SSSR count). The van der Waals surface area contributed by atoms with Crippen LogP contribution in [0.2, 0.25) is 0 Å². The van der Waals surface area contributed by atoms with E-state index >= 15 is 0 Å². The summed E-state index contributed by atoms with van der Waals surface area (Å²) in [6, 6.07) is 12.3. The monoisotopic (exact) mass is 575 g/mol. The van der Waals surface area contributed by atoms with Crippen LogP contribution in [0.1, 0.15) is 59.8 Å². The predicted octanol–water partition coefficient (Wildman–Crippen LogP) is 5.45. The fourth-order valence-electron chi connectivity index (χ4n) is 3.78. The fourth-order valence-corrected chi connectivity index (χ4v) is 4.89. The summed E-state index contributed by atoms with van der Waals surface area (Å²) in [5.41, 5.74) is 7.56. The number of likely N-dealkylation sites (N-methyl/N-ethyl adjacent to an activating group) is 1. The molecule has 3 aromatic rings. The highest BCUT2D eigenvalue weighted by Crippen LogP contribution is 2.35. The van der Waals surface area contributed by atoms with Crippen LogP contribution in [0.4, 0.5) is 8.78 Å². The molecule has 0 atom stereocenters. The van der Waals surface area contributed by atoms with Crippen molar-refractivity contribution in [1.82, 2.24) is 10.3 Å².